The number of sulfonamides is 1. The second kappa shape index (κ2) is 8.64. The van der Waals surface area contributed by atoms with E-state index in [2.05, 4.69) is 15.4 Å². The van der Waals surface area contributed by atoms with Crippen LogP contribution in [0.2, 0.25) is 0 Å². The average Bonchev–Trinajstić information content (AvgIpc) is 3.61. The van der Waals surface area contributed by atoms with E-state index in [4.69, 9.17) is 4.74 Å². The minimum absolute atomic E-state index is 0.0347. The predicted octanol–water partition coefficient (Wildman–Crippen LogP) is 2.46. The van der Waals surface area contributed by atoms with Gasteiger partial charge in [0.15, 0.2) is 0 Å². The molecule has 2 fully saturated rings. The number of urea groups is 1. The number of para-hydroxylation sites is 2. The fraction of sp³-hybridized carbons (Fsp3) is 0.348. The van der Waals surface area contributed by atoms with E-state index in [1.165, 1.54) is 13.2 Å². The van der Waals surface area contributed by atoms with Crippen molar-refractivity contribution in [2.75, 3.05) is 23.7 Å². The number of hydrogen-bond acceptors (Lipinski definition) is 6. The van der Waals surface area contributed by atoms with Gasteiger partial charge in [-0.3, -0.25) is 19.2 Å². The van der Waals surface area contributed by atoms with Crippen molar-refractivity contribution in [2.45, 2.75) is 37.1 Å². The lowest BCUT2D eigenvalue weighted by Crippen LogP contribution is -2.46. The van der Waals surface area contributed by atoms with Crippen LogP contribution in [0.3, 0.4) is 0 Å². The first kappa shape index (κ1) is 23.6. The van der Waals surface area contributed by atoms with E-state index in [0.29, 0.717) is 11.3 Å². The molecule has 11 heteroatoms. The number of aryl methyl sites for hydroxylation is 1. The summed E-state index contributed by atoms with van der Waals surface area (Å²) in [7, 11) is -2.57. The SMILES string of the molecule is COc1ccccc1NS(=O)(=O)c1cc(NC(=O)CN2C(=O)N[C@@](C)(C3CC3)C2=O)ccc1C. The summed E-state index contributed by atoms with van der Waals surface area (Å²) in [6.45, 7) is 2.84. The summed E-state index contributed by atoms with van der Waals surface area (Å²) in [5.74, 6) is -0.602. The second-order valence-electron chi connectivity index (χ2n) is 8.63. The van der Waals surface area contributed by atoms with Gasteiger partial charge in [0, 0.05) is 5.69 Å². The van der Waals surface area contributed by atoms with E-state index in [0.717, 1.165) is 17.7 Å². The lowest BCUT2D eigenvalue weighted by Gasteiger charge is -2.20. The predicted molar refractivity (Wildman–Crippen MR) is 125 cm³/mol. The topological polar surface area (TPSA) is 134 Å². The van der Waals surface area contributed by atoms with E-state index in [-0.39, 0.29) is 22.2 Å². The zero-order valence-electron chi connectivity index (χ0n) is 19.0. The maximum Gasteiger partial charge on any atom is 0.325 e. The molecule has 0 aromatic heterocycles. The van der Waals surface area contributed by atoms with E-state index >= 15 is 0 Å². The molecule has 0 bridgehead atoms. The summed E-state index contributed by atoms with van der Waals surface area (Å²) >= 11 is 0. The Labute approximate surface area is 197 Å². The van der Waals surface area contributed by atoms with Crippen molar-refractivity contribution < 1.29 is 27.5 Å². The van der Waals surface area contributed by atoms with Gasteiger partial charge in [-0.15, -0.1) is 0 Å². The largest absolute Gasteiger partial charge is 0.495 e. The minimum atomic E-state index is -4.00. The van der Waals surface area contributed by atoms with Crippen molar-refractivity contribution in [3.8, 4) is 5.75 Å². The molecule has 1 saturated heterocycles. The van der Waals surface area contributed by atoms with Gasteiger partial charge in [-0.25, -0.2) is 13.2 Å². The summed E-state index contributed by atoms with van der Waals surface area (Å²) in [6, 6.07) is 10.4. The summed E-state index contributed by atoms with van der Waals surface area (Å²) in [6.07, 6.45) is 1.71. The second-order valence-corrected chi connectivity index (χ2v) is 10.3. The van der Waals surface area contributed by atoms with E-state index in [9.17, 15) is 22.8 Å². The Morgan fingerprint density at radius 2 is 1.91 bits per heavy atom. The van der Waals surface area contributed by atoms with Crippen LogP contribution < -0.4 is 20.1 Å². The molecule has 2 aromatic rings. The first-order valence-electron chi connectivity index (χ1n) is 10.8. The molecule has 1 atom stereocenters. The van der Waals surface area contributed by atoms with Gasteiger partial charge < -0.3 is 15.4 Å². The van der Waals surface area contributed by atoms with Crippen molar-refractivity contribution in [1.82, 2.24) is 10.2 Å². The van der Waals surface area contributed by atoms with Crippen LogP contribution in [0.5, 0.6) is 5.75 Å². The minimum Gasteiger partial charge on any atom is -0.495 e. The highest BCUT2D eigenvalue weighted by Crippen LogP contribution is 2.42. The molecule has 180 valence electrons. The molecule has 10 nitrogen and oxygen atoms in total. The van der Waals surface area contributed by atoms with E-state index in [1.807, 2.05) is 0 Å². The number of ether oxygens (including phenoxy) is 1. The van der Waals surface area contributed by atoms with Crippen LogP contribution in [0.4, 0.5) is 16.2 Å². The maximum absolute atomic E-state index is 13.0. The first-order chi connectivity index (χ1) is 16.0. The highest BCUT2D eigenvalue weighted by molar-refractivity contribution is 7.92. The van der Waals surface area contributed by atoms with Gasteiger partial charge in [0.1, 0.15) is 17.8 Å². The Hall–Kier alpha value is -3.60. The van der Waals surface area contributed by atoms with Crippen LogP contribution >= 0.6 is 0 Å². The van der Waals surface area contributed by atoms with Crippen LogP contribution in [0, 0.1) is 12.8 Å². The molecule has 1 heterocycles. The van der Waals surface area contributed by atoms with Crippen molar-refractivity contribution in [1.29, 1.82) is 0 Å². The third-order valence-electron chi connectivity index (χ3n) is 6.11. The Morgan fingerprint density at radius 3 is 2.59 bits per heavy atom. The Kier molecular flexibility index (Phi) is 5.98. The monoisotopic (exact) mass is 486 g/mol. The average molecular weight is 487 g/mol. The molecule has 1 saturated carbocycles. The maximum atomic E-state index is 13.0. The molecule has 1 aliphatic carbocycles. The lowest BCUT2D eigenvalue weighted by molar-refractivity contribution is -0.134. The van der Waals surface area contributed by atoms with Crippen molar-refractivity contribution in [2.24, 2.45) is 5.92 Å². The fourth-order valence-electron chi connectivity index (χ4n) is 4.04. The zero-order chi connectivity index (χ0) is 24.7. The van der Waals surface area contributed by atoms with E-state index in [1.54, 1.807) is 50.2 Å². The van der Waals surface area contributed by atoms with Crippen LogP contribution in [0.15, 0.2) is 47.4 Å². The summed E-state index contributed by atoms with van der Waals surface area (Å²) in [4.78, 5) is 38.5. The number of imide groups is 1. The number of benzene rings is 2. The van der Waals surface area contributed by atoms with Crippen LogP contribution in [0.25, 0.3) is 0 Å². The molecule has 0 spiro atoms. The summed E-state index contributed by atoms with van der Waals surface area (Å²) < 4.78 is 33.8. The van der Waals surface area contributed by atoms with E-state index < -0.39 is 40.0 Å². The number of methoxy groups -OCH3 is 1. The molecule has 1 aliphatic heterocycles. The lowest BCUT2D eigenvalue weighted by atomic mass is 9.96. The van der Waals surface area contributed by atoms with Crippen molar-refractivity contribution >= 4 is 39.2 Å². The summed E-state index contributed by atoms with van der Waals surface area (Å²) in [5, 5.41) is 5.27. The van der Waals surface area contributed by atoms with Gasteiger partial charge in [0.2, 0.25) is 5.91 Å². The van der Waals surface area contributed by atoms with Gasteiger partial charge in [-0.05, 0) is 62.4 Å². The highest BCUT2D eigenvalue weighted by atomic mass is 32.2. The molecule has 0 radical (unpaired) electrons. The van der Waals surface area contributed by atoms with Crippen molar-refractivity contribution in [3.05, 3.63) is 48.0 Å². The van der Waals surface area contributed by atoms with Crippen LogP contribution in [-0.4, -0.2) is 50.4 Å². The quantitative estimate of drug-likeness (QED) is 0.491. The number of amides is 4. The third kappa shape index (κ3) is 4.43. The molecule has 3 N–H and O–H groups in total. The molecular weight excluding hydrogens is 460 g/mol. The third-order valence-corrected chi connectivity index (χ3v) is 7.62. The number of rotatable bonds is 8. The molecule has 0 unspecified atom stereocenters. The number of nitrogens with zero attached hydrogens (tertiary/aromatic N) is 1. The van der Waals surface area contributed by atoms with Gasteiger partial charge in [-0.2, -0.15) is 0 Å². The smallest absolute Gasteiger partial charge is 0.325 e. The van der Waals surface area contributed by atoms with Gasteiger partial charge >= 0.3 is 6.03 Å². The molecule has 34 heavy (non-hydrogen) atoms. The number of carbonyl (C=O) groups is 3. The molecule has 4 amide bonds. The Morgan fingerprint density at radius 1 is 1.21 bits per heavy atom. The zero-order valence-corrected chi connectivity index (χ0v) is 19.9. The number of hydrogen-bond donors (Lipinski definition) is 3. The molecular formula is C23H26N4O6S. The van der Waals surface area contributed by atoms with Gasteiger partial charge in [0.25, 0.3) is 15.9 Å². The normalized spacial score (nSPS) is 20.1. The standard InChI is InChI=1S/C23H26N4O6S/c1-14-8-11-16(12-19(14)34(31,32)26-17-6-4-5-7-18(17)33-3)24-20(28)13-27-21(29)23(2,15-9-10-15)25-22(27)30/h4-8,11-12,15,26H,9-10,13H2,1-3H3,(H,24,28)(H,25,30)/t23-/m0/s1. The van der Waals surface area contributed by atoms with Crippen LogP contribution in [0.1, 0.15) is 25.3 Å². The number of carbonyl (C=O) groups excluding carboxylic acids is 3. The van der Waals surface area contributed by atoms with Gasteiger partial charge in [-0.1, -0.05) is 18.2 Å². The Bertz CT molecular complexity index is 1270. The number of nitrogens with one attached hydrogen (secondary N) is 3. The highest BCUT2D eigenvalue weighted by Gasteiger charge is 2.56. The Balaban J connectivity index is 1.49. The van der Waals surface area contributed by atoms with Crippen molar-refractivity contribution in [3.63, 3.8) is 0 Å². The number of anilines is 2. The molecule has 2 aliphatic rings. The van der Waals surface area contributed by atoms with Crippen LogP contribution in [-0.2, 0) is 19.6 Å². The molecule has 4 rings (SSSR count). The summed E-state index contributed by atoms with van der Waals surface area (Å²) in [5.41, 5.74) is -0.0223. The molecule has 2 aromatic carbocycles. The first-order valence-corrected chi connectivity index (χ1v) is 12.2. The van der Waals surface area contributed by atoms with Gasteiger partial charge in [0.05, 0.1) is 17.7 Å². The fourth-order valence-corrected chi connectivity index (χ4v) is 5.38.